The summed E-state index contributed by atoms with van der Waals surface area (Å²) in [7, 11) is -2.10. The Bertz CT molecular complexity index is 1010. The maximum Gasteiger partial charge on any atom is 0.243 e. The molecule has 0 amide bonds. The van der Waals surface area contributed by atoms with E-state index in [-0.39, 0.29) is 4.90 Å². The Morgan fingerprint density at radius 1 is 1.10 bits per heavy atom. The zero-order valence-corrected chi connectivity index (χ0v) is 19.7. The number of anilines is 2. The van der Waals surface area contributed by atoms with Crippen LogP contribution in [0.5, 0.6) is 5.75 Å². The molecule has 1 fully saturated rings. The fourth-order valence-electron chi connectivity index (χ4n) is 3.55. The molecule has 2 N–H and O–H groups in total. The Kier molecular flexibility index (Phi) is 7.88. The lowest BCUT2D eigenvalue weighted by atomic mass is 10.0. The van der Waals surface area contributed by atoms with Crippen LogP contribution in [-0.4, -0.2) is 51.2 Å². The molecular weight excluding hydrogens is 434 g/mol. The number of hydrogen-bond acceptors (Lipinski definition) is 5. The van der Waals surface area contributed by atoms with Gasteiger partial charge in [0.15, 0.2) is 5.11 Å². The van der Waals surface area contributed by atoms with Crippen molar-refractivity contribution in [3.63, 3.8) is 0 Å². The normalized spacial score (nSPS) is 14.8. The zero-order chi connectivity index (χ0) is 22.4. The number of nitrogens with one attached hydrogen (secondary N) is 2. The van der Waals surface area contributed by atoms with E-state index in [0.717, 1.165) is 18.5 Å². The molecule has 0 saturated carbocycles. The van der Waals surface area contributed by atoms with E-state index >= 15 is 0 Å². The molecule has 3 rings (SSSR count). The SMILES string of the molecule is CCc1cccc(CC)c1NC(=S)Nc1cc(S(=O)(=O)N2CCOCC2)ccc1OC. The number of para-hydroxylation sites is 1. The second-order valence-electron chi connectivity index (χ2n) is 7.12. The standard InChI is InChI=1S/C22H29N3O4S2/c1-4-16-7-6-8-17(5-2)21(16)24-22(30)23-19-15-18(9-10-20(19)28-3)31(26,27)25-11-13-29-14-12-25/h6-10,15H,4-5,11-14H2,1-3H3,(H2,23,24,30). The second-order valence-corrected chi connectivity index (χ2v) is 9.46. The summed E-state index contributed by atoms with van der Waals surface area (Å²) in [5.74, 6) is 0.504. The number of methoxy groups -OCH3 is 1. The van der Waals surface area contributed by atoms with Crippen LogP contribution < -0.4 is 15.4 Å². The van der Waals surface area contributed by atoms with Crippen LogP contribution in [0.4, 0.5) is 11.4 Å². The maximum atomic E-state index is 13.0. The van der Waals surface area contributed by atoms with Crippen molar-refractivity contribution in [3.05, 3.63) is 47.5 Å². The van der Waals surface area contributed by atoms with Gasteiger partial charge in [-0.3, -0.25) is 0 Å². The van der Waals surface area contributed by atoms with Crippen molar-refractivity contribution in [1.82, 2.24) is 4.31 Å². The summed E-state index contributed by atoms with van der Waals surface area (Å²) >= 11 is 5.55. The molecule has 31 heavy (non-hydrogen) atoms. The van der Waals surface area contributed by atoms with Crippen LogP contribution >= 0.6 is 12.2 Å². The molecule has 0 unspecified atom stereocenters. The summed E-state index contributed by atoms with van der Waals surface area (Å²) in [4.78, 5) is 0.184. The fourth-order valence-corrected chi connectivity index (χ4v) is 5.20. The van der Waals surface area contributed by atoms with Gasteiger partial charge in [-0.05, 0) is 54.4 Å². The van der Waals surface area contributed by atoms with Crippen molar-refractivity contribution < 1.29 is 17.9 Å². The van der Waals surface area contributed by atoms with Gasteiger partial charge in [-0.1, -0.05) is 32.0 Å². The van der Waals surface area contributed by atoms with E-state index in [2.05, 4.69) is 36.6 Å². The summed E-state index contributed by atoms with van der Waals surface area (Å²) in [6.07, 6.45) is 1.74. The third-order valence-electron chi connectivity index (χ3n) is 5.26. The highest BCUT2D eigenvalue weighted by Crippen LogP contribution is 2.30. The minimum Gasteiger partial charge on any atom is -0.495 e. The molecule has 1 aliphatic rings. The van der Waals surface area contributed by atoms with E-state index in [1.807, 2.05) is 6.07 Å². The van der Waals surface area contributed by atoms with Gasteiger partial charge in [0.2, 0.25) is 10.0 Å². The van der Waals surface area contributed by atoms with Gasteiger partial charge in [-0.15, -0.1) is 0 Å². The molecule has 0 spiro atoms. The van der Waals surface area contributed by atoms with Crippen molar-refractivity contribution in [2.75, 3.05) is 44.0 Å². The molecule has 168 valence electrons. The predicted molar refractivity (Wildman–Crippen MR) is 128 cm³/mol. The number of thiocarbonyl (C=S) groups is 1. The summed E-state index contributed by atoms with van der Waals surface area (Å²) in [5, 5.41) is 6.78. The average Bonchev–Trinajstić information content (AvgIpc) is 2.79. The van der Waals surface area contributed by atoms with Crippen LogP contribution in [0.3, 0.4) is 0 Å². The molecule has 1 aliphatic heterocycles. The summed E-state index contributed by atoms with van der Waals surface area (Å²) < 4.78 is 38.2. The van der Waals surface area contributed by atoms with E-state index in [1.165, 1.54) is 22.5 Å². The first kappa shape index (κ1) is 23.5. The van der Waals surface area contributed by atoms with Crippen LogP contribution in [0.25, 0.3) is 0 Å². The lowest BCUT2D eigenvalue weighted by molar-refractivity contribution is 0.0730. The highest BCUT2D eigenvalue weighted by atomic mass is 32.2. The molecule has 7 nitrogen and oxygen atoms in total. The molecule has 2 aromatic carbocycles. The Labute approximate surface area is 189 Å². The van der Waals surface area contributed by atoms with Gasteiger partial charge in [0, 0.05) is 18.8 Å². The predicted octanol–water partition coefficient (Wildman–Crippen LogP) is 3.65. The van der Waals surface area contributed by atoms with E-state index in [1.54, 1.807) is 18.2 Å². The van der Waals surface area contributed by atoms with E-state index in [4.69, 9.17) is 21.7 Å². The molecular formula is C22H29N3O4S2. The van der Waals surface area contributed by atoms with E-state index in [0.29, 0.717) is 42.9 Å². The monoisotopic (exact) mass is 463 g/mol. The third kappa shape index (κ3) is 5.35. The first-order valence-electron chi connectivity index (χ1n) is 10.3. The Hall–Kier alpha value is -2.20. The number of hydrogen-bond donors (Lipinski definition) is 2. The molecule has 0 aliphatic carbocycles. The number of morpholine rings is 1. The van der Waals surface area contributed by atoms with Crippen molar-refractivity contribution in [2.24, 2.45) is 0 Å². The van der Waals surface area contributed by atoms with Gasteiger partial charge in [-0.2, -0.15) is 4.31 Å². The van der Waals surface area contributed by atoms with Gasteiger partial charge in [0.25, 0.3) is 0 Å². The molecule has 0 bridgehead atoms. The van der Waals surface area contributed by atoms with Crippen molar-refractivity contribution in [1.29, 1.82) is 0 Å². The van der Waals surface area contributed by atoms with Gasteiger partial charge in [0.05, 0.1) is 30.9 Å². The topological polar surface area (TPSA) is 79.9 Å². The third-order valence-corrected chi connectivity index (χ3v) is 7.36. The Balaban J connectivity index is 1.86. The fraction of sp³-hybridized carbons (Fsp3) is 0.409. The minimum atomic E-state index is -3.63. The van der Waals surface area contributed by atoms with Crippen LogP contribution in [0, 0.1) is 0 Å². The van der Waals surface area contributed by atoms with Crippen molar-refractivity contribution in [3.8, 4) is 5.75 Å². The molecule has 2 aromatic rings. The largest absolute Gasteiger partial charge is 0.495 e. The molecule has 0 radical (unpaired) electrons. The van der Waals surface area contributed by atoms with Gasteiger partial charge < -0.3 is 20.1 Å². The van der Waals surface area contributed by atoms with Crippen LogP contribution in [0.2, 0.25) is 0 Å². The Morgan fingerprint density at radius 3 is 2.32 bits per heavy atom. The Morgan fingerprint density at radius 2 is 1.74 bits per heavy atom. The number of ether oxygens (including phenoxy) is 2. The number of aryl methyl sites for hydroxylation is 2. The molecule has 1 saturated heterocycles. The first-order valence-corrected chi connectivity index (χ1v) is 12.2. The first-order chi connectivity index (χ1) is 14.9. The lowest BCUT2D eigenvalue weighted by Gasteiger charge is -2.26. The molecule has 0 aromatic heterocycles. The number of nitrogens with zero attached hydrogens (tertiary/aromatic N) is 1. The quantitative estimate of drug-likeness (QED) is 0.607. The highest BCUT2D eigenvalue weighted by molar-refractivity contribution is 7.89. The lowest BCUT2D eigenvalue weighted by Crippen LogP contribution is -2.40. The number of sulfonamides is 1. The van der Waals surface area contributed by atoms with Gasteiger partial charge >= 0.3 is 0 Å². The molecule has 9 heteroatoms. The zero-order valence-electron chi connectivity index (χ0n) is 18.1. The number of rotatable bonds is 7. The second kappa shape index (κ2) is 10.4. The summed E-state index contributed by atoms with van der Waals surface area (Å²) in [6, 6.07) is 10.9. The van der Waals surface area contributed by atoms with Crippen LogP contribution in [0.1, 0.15) is 25.0 Å². The van der Waals surface area contributed by atoms with Crippen LogP contribution in [0.15, 0.2) is 41.3 Å². The van der Waals surface area contributed by atoms with Crippen molar-refractivity contribution >= 4 is 38.7 Å². The maximum absolute atomic E-state index is 13.0. The summed E-state index contributed by atoms with van der Waals surface area (Å²) in [6.45, 7) is 5.66. The van der Waals surface area contributed by atoms with E-state index < -0.39 is 10.0 Å². The smallest absolute Gasteiger partial charge is 0.243 e. The minimum absolute atomic E-state index is 0.184. The van der Waals surface area contributed by atoms with E-state index in [9.17, 15) is 8.42 Å². The van der Waals surface area contributed by atoms with Crippen LogP contribution in [-0.2, 0) is 27.6 Å². The molecule has 1 heterocycles. The van der Waals surface area contributed by atoms with Gasteiger partial charge in [0.1, 0.15) is 5.75 Å². The molecule has 0 atom stereocenters. The average molecular weight is 464 g/mol. The highest BCUT2D eigenvalue weighted by Gasteiger charge is 2.27. The van der Waals surface area contributed by atoms with Gasteiger partial charge in [-0.25, -0.2) is 8.42 Å². The van der Waals surface area contributed by atoms with Crippen molar-refractivity contribution in [2.45, 2.75) is 31.6 Å². The summed E-state index contributed by atoms with van der Waals surface area (Å²) in [5.41, 5.74) is 3.81. The number of benzene rings is 2.